The third-order valence-corrected chi connectivity index (χ3v) is 3.76. The molecule has 114 valence electrons. The van der Waals surface area contributed by atoms with Crippen LogP contribution in [0.2, 0.25) is 0 Å². The van der Waals surface area contributed by atoms with Crippen molar-refractivity contribution in [3.8, 4) is 0 Å². The Bertz CT molecular complexity index is 386. The summed E-state index contributed by atoms with van der Waals surface area (Å²) in [4.78, 5) is 34.2. The van der Waals surface area contributed by atoms with Gasteiger partial charge in [-0.1, -0.05) is 6.42 Å². The molecule has 20 heavy (non-hydrogen) atoms. The molecule has 0 spiro atoms. The van der Waals surface area contributed by atoms with Crippen LogP contribution in [0, 0.1) is 5.41 Å². The number of nitrogens with one attached hydrogen (secondary N) is 3. The Kier molecular flexibility index (Phi) is 5.79. The van der Waals surface area contributed by atoms with E-state index in [-0.39, 0.29) is 24.9 Å². The number of carbonyl (C=O) groups is 3. The normalized spacial score (nSPS) is 25.0. The lowest BCUT2D eigenvalue weighted by molar-refractivity contribution is -0.148. The Hall–Kier alpha value is -1.79. The van der Waals surface area contributed by atoms with Crippen molar-refractivity contribution in [3.63, 3.8) is 0 Å². The molecule has 7 nitrogen and oxygen atoms in total. The van der Waals surface area contributed by atoms with Crippen LogP contribution in [-0.2, 0) is 9.59 Å². The molecule has 0 bridgehead atoms. The van der Waals surface area contributed by atoms with Crippen LogP contribution in [0.25, 0.3) is 0 Å². The van der Waals surface area contributed by atoms with E-state index in [1.165, 1.54) is 0 Å². The van der Waals surface area contributed by atoms with Gasteiger partial charge in [-0.15, -0.1) is 0 Å². The monoisotopic (exact) mass is 285 g/mol. The second-order valence-electron chi connectivity index (χ2n) is 5.27. The lowest BCUT2D eigenvalue weighted by Gasteiger charge is -2.27. The van der Waals surface area contributed by atoms with E-state index in [0.717, 1.165) is 6.42 Å². The van der Waals surface area contributed by atoms with Crippen LogP contribution in [-0.4, -0.2) is 42.1 Å². The number of rotatable bonds is 6. The molecule has 0 heterocycles. The summed E-state index contributed by atoms with van der Waals surface area (Å²) in [6, 6.07) is -0.793. The second-order valence-corrected chi connectivity index (χ2v) is 5.27. The highest BCUT2D eigenvalue weighted by molar-refractivity contribution is 5.80. The average Bonchev–Trinajstić information content (AvgIpc) is 2.72. The summed E-state index contributed by atoms with van der Waals surface area (Å²) in [5.74, 6) is -1.01. The van der Waals surface area contributed by atoms with Gasteiger partial charge >= 0.3 is 12.0 Å². The van der Waals surface area contributed by atoms with Crippen LogP contribution >= 0.6 is 0 Å². The number of carboxylic acid groups (broad SMARTS) is 1. The maximum Gasteiger partial charge on any atom is 0.315 e. The number of aliphatic carboxylic acids is 1. The third kappa shape index (κ3) is 4.11. The van der Waals surface area contributed by atoms with E-state index in [1.807, 2.05) is 6.92 Å². The lowest BCUT2D eigenvalue weighted by atomic mass is 9.85. The van der Waals surface area contributed by atoms with E-state index in [9.17, 15) is 19.5 Å². The van der Waals surface area contributed by atoms with Gasteiger partial charge in [0.05, 0.1) is 5.41 Å². The van der Waals surface area contributed by atoms with Gasteiger partial charge in [0, 0.05) is 25.6 Å². The fourth-order valence-electron chi connectivity index (χ4n) is 2.44. The predicted molar refractivity (Wildman–Crippen MR) is 73.2 cm³/mol. The van der Waals surface area contributed by atoms with Gasteiger partial charge in [-0.25, -0.2) is 4.79 Å². The fraction of sp³-hybridized carbons (Fsp3) is 0.769. The summed E-state index contributed by atoms with van der Waals surface area (Å²) < 4.78 is 0. The first-order valence-corrected chi connectivity index (χ1v) is 6.94. The van der Waals surface area contributed by atoms with Gasteiger partial charge in [-0.05, 0) is 26.7 Å². The van der Waals surface area contributed by atoms with Crippen molar-refractivity contribution < 1.29 is 19.5 Å². The standard InChI is InChI=1S/C13H23N3O4/c1-3-14-10(17)6-8-15-12(20)16-9-5-4-7-13(9,2)11(18)19/h9H,3-8H2,1-2H3,(H,14,17)(H,18,19)(H2,15,16,20). The highest BCUT2D eigenvalue weighted by atomic mass is 16.4. The van der Waals surface area contributed by atoms with Gasteiger partial charge in [-0.3, -0.25) is 9.59 Å². The number of hydrogen-bond donors (Lipinski definition) is 4. The number of hydrogen-bond acceptors (Lipinski definition) is 3. The molecule has 0 radical (unpaired) electrons. The zero-order valence-corrected chi connectivity index (χ0v) is 12.0. The molecule has 0 aromatic carbocycles. The summed E-state index contributed by atoms with van der Waals surface area (Å²) in [7, 11) is 0. The van der Waals surface area contributed by atoms with E-state index in [2.05, 4.69) is 16.0 Å². The molecule has 1 aliphatic rings. The van der Waals surface area contributed by atoms with Crippen molar-refractivity contribution in [2.45, 2.75) is 45.6 Å². The average molecular weight is 285 g/mol. The lowest BCUT2D eigenvalue weighted by Crippen LogP contribution is -2.50. The van der Waals surface area contributed by atoms with Crippen LogP contribution in [0.4, 0.5) is 4.79 Å². The minimum absolute atomic E-state index is 0.121. The quantitative estimate of drug-likeness (QED) is 0.568. The van der Waals surface area contributed by atoms with Crippen LogP contribution in [0.5, 0.6) is 0 Å². The third-order valence-electron chi connectivity index (χ3n) is 3.76. The molecule has 0 aromatic rings. The predicted octanol–water partition coefficient (Wildman–Crippen LogP) is 0.455. The fourth-order valence-corrected chi connectivity index (χ4v) is 2.44. The molecular weight excluding hydrogens is 262 g/mol. The minimum atomic E-state index is -0.906. The Morgan fingerprint density at radius 3 is 2.60 bits per heavy atom. The molecule has 2 atom stereocenters. The van der Waals surface area contributed by atoms with Crippen LogP contribution in [0.15, 0.2) is 0 Å². The summed E-state index contributed by atoms with van der Waals surface area (Å²) in [5, 5.41) is 17.1. The highest BCUT2D eigenvalue weighted by Gasteiger charge is 2.45. The number of amides is 3. The van der Waals surface area contributed by atoms with Crippen molar-refractivity contribution in [3.05, 3.63) is 0 Å². The van der Waals surface area contributed by atoms with Gasteiger partial charge in [0.25, 0.3) is 0 Å². The van der Waals surface area contributed by atoms with E-state index in [1.54, 1.807) is 6.92 Å². The molecule has 7 heteroatoms. The molecule has 2 unspecified atom stereocenters. The summed E-state index contributed by atoms with van der Waals surface area (Å²) in [5.41, 5.74) is -0.906. The largest absolute Gasteiger partial charge is 0.481 e. The molecule has 0 aliphatic heterocycles. The first-order chi connectivity index (χ1) is 9.40. The zero-order chi connectivity index (χ0) is 15.2. The topological polar surface area (TPSA) is 108 Å². The summed E-state index contributed by atoms with van der Waals surface area (Å²) >= 11 is 0. The first-order valence-electron chi connectivity index (χ1n) is 6.94. The molecular formula is C13H23N3O4. The maximum absolute atomic E-state index is 11.7. The van der Waals surface area contributed by atoms with E-state index in [0.29, 0.717) is 19.4 Å². The number of urea groups is 1. The smallest absolute Gasteiger partial charge is 0.315 e. The number of carboxylic acids is 1. The molecule has 0 aromatic heterocycles. The van der Waals surface area contributed by atoms with Crippen molar-refractivity contribution in [1.29, 1.82) is 0 Å². The van der Waals surface area contributed by atoms with Gasteiger partial charge in [0.2, 0.25) is 5.91 Å². The van der Waals surface area contributed by atoms with E-state index < -0.39 is 17.4 Å². The maximum atomic E-state index is 11.7. The van der Waals surface area contributed by atoms with Gasteiger partial charge in [-0.2, -0.15) is 0 Å². The molecule has 1 saturated carbocycles. The Balaban J connectivity index is 2.35. The van der Waals surface area contributed by atoms with Crippen molar-refractivity contribution in [1.82, 2.24) is 16.0 Å². The van der Waals surface area contributed by atoms with Crippen LogP contribution in [0.1, 0.15) is 39.5 Å². The summed E-state index contributed by atoms with van der Waals surface area (Å²) in [6.07, 6.45) is 2.22. The van der Waals surface area contributed by atoms with Gasteiger partial charge < -0.3 is 21.1 Å². The van der Waals surface area contributed by atoms with Crippen molar-refractivity contribution in [2.75, 3.05) is 13.1 Å². The Morgan fingerprint density at radius 2 is 2.00 bits per heavy atom. The van der Waals surface area contributed by atoms with E-state index in [4.69, 9.17) is 0 Å². The number of carbonyl (C=O) groups excluding carboxylic acids is 2. The molecule has 1 aliphatic carbocycles. The SMILES string of the molecule is CCNC(=O)CCNC(=O)NC1CCCC1(C)C(=O)O. The molecule has 0 saturated heterocycles. The second kappa shape index (κ2) is 7.12. The van der Waals surface area contributed by atoms with Gasteiger partial charge in [0.15, 0.2) is 0 Å². The highest BCUT2D eigenvalue weighted by Crippen LogP contribution is 2.38. The molecule has 3 amide bonds. The van der Waals surface area contributed by atoms with E-state index >= 15 is 0 Å². The Labute approximate surface area is 118 Å². The summed E-state index contributed by atoms with van der Waals surface area (Å²) in [6.45, 7) is 4.27. The van der Waals surface area contributed by atoms with Crippen LogP contribution < -0.4 is 16.0 Å². The molecule has 4 N–H and O–H groups in total. The first kappa shape index (κ1) is 16.3. The van der Waals surface area contributed by atoms with Crippen LogP contribution in [0.3, 0.4) is 0 Å². The zero-order valence-electron chi connectivity index (χ0n) is 12.0. The molecule has 1 rings (SSSR count). The van der Waals surface area contributed by atoms with Gasteiger partial charge in [0.1, 0.15) is 0 Å². The minimum Gasteiger partial charge on any atom is -0.481 e. The molecule has 1 fully saturated rings. The van der Waals surface area contributed by atoms with Crippen molar-refractivity contribution >= 4 is 17.9 Å². The van der Waals surface area contributed by atoms with Crippen molar-refractivity contribution in [2.24, 2.45) is 5.41 Å². The Morgan fingerprint density at radius 1 is 1.30 bits per heavy atom.